The van der Waals surface area contributed by atoms with E-state index in [1.807, 2.05) is 13.8 Å². The van der Waals surface area contributed by atoms with Crippen molar-refractivity contribution in [2.24, 2.45) is 4.99 Å². The summed E-state index contributed by atoms with van der Waals surface area (Å²) >= 11 is 0. The van der Waals surface area contributed by atoms with E-state index in [2.05, 4.69) is 15.6 Å². The van der Waals surface area contributed by atoms with E-state index in [9.17, 15) is 4.79 Å². The van der Waals surface area contributed by atoms with Crippen LogP contribution in [0.25, 0.3) is 0 Å². The highest BCUT2D eigenvalue weighted by molar-refractivity contribution is 14.0. The van der Waals surface area contributed by atoms with Gasteiger partial charge in [-0.1, -0.05) is 0 Å². The number of esters is 1. The molecule has 2 N–H and O–H groups in total. The number of hydrogen-bond donors (Lipinski definition) is 2. The summed E-state index contributed by atoms with van der Waals surface area (Å²) in [6, 6.07) is 1.67. The van der Waals surface area contributed by atoms with E-state index in [-0.39, 0.29) is 29.6 Å². The van der Waals surface area contributed by atoms with Gasteiger partial charge in [-0.25, -0.2) is 4.79 Å². The van der Waals surface area contributed by atoms with E-state index in [4.69, 9.17) is 13.9 Å². The average molecular weight is 439 g/mol. The Morgan fingerprint density at radius 2 is 2.00 bits per heavy atom. The number of rotatable bonds is 6. The van der Waals surface area contributed by atoms with Crippen LogP contribution < -0.4 is 10.6 Å². The van der Waals surface area contributed by atoms with E-state index in [0.717, 1.165) is 0 Å². The van der Waals surface area contributed by atoms with Crippen LogP contribution in [0.5, 0.6) is 0 Å². The number of halogens is 1. The quantitative estimate of drug-likeness (QED) is 0.306. The Hall–Kier alpha value is -1.29. The molecule has 0 aromatic carbocycles. The van der Waals surface area contributed by atoms with Gasteiger partial charge >= 0.3 is 5.97 Å². The minimum atomic E-state index is -0.406. The molecule has 0 atom stereocenters. The zero-order chi connectivity index (χ0) is 16.8. The highest BCUT2D eigenvalue weighted by atomic mass is 127. The number of methoxy groups -OCH3 is 2. The minimum Gasteiger partial charge on any atom is -0.465 e. The molecule has 7 nitrogen and oxygen atoms in total. The first kappa shape index (κ1) is 21.7. The largest absolute Gasteiger partial charge is 0.465 e. The molecule has 0 unspecified atom stereocenters. The topological polar surface area (TPSA) is 85.1 Å². The second-order valence-corrected chi connectivity index (χ2v) is 5.42. The number of aryl methyl sites for hydroxylation is 1. The smallest absolute Gasteiger partial charge is 0.341 e. The lowest BCUT2D eigenvalue weighted by Gasteiger charge is -2.24. The summed E-state index contributed by atoms with van der Waals surface area (Å²) in [6.45, 7) is 6.69. The maximum Gasteiger partial charge on any atom is 0.341 e. The molecule has 0 amide bonds. The number of furan rings is 1. The second-order valence-electron chi connectivity index (χ2n) is 5.42. The molecule has 1 rings (SSSR count). The van der Waals surface area contributed by atoms with E-state index >= 15 is 0 Å². The Morgan fingerprint density at radius 3 is 2.52 bits per heavy atom. The molecule has 132 valence electrons. The standard InChI is InChI=1S/C15H25N3O4.HI/c1-10-12(13(19)20-5)7-11(22-10)8-17-14(16-4)18-9-15(2,3)21-6;/h7H,8-9H2,1-6H3,(H2,16,17,18);1H. The van der Waals surface area contributed by atoms with Gasteiger partial charge in [0.25, 0.3) is 0 Å². The molecule has 0 aliphatic rings. The van der Waals surface area contributed by atoms with Crippen LogP contribution in [0.2, 0.25) is 0 Å². The van der Waals surface area contributed by atoms with Crippen molar-refractivity contribution in [3.8, 4) is 0 Å². The maximum atomic E-state index is 11.5. The van der Waals surface area contributed by atoms with Crippen molar-refractivity contribution in [3.05, 3.63) is 23.2 Å². The van der Waals surface area contributed by atoms with Gasteiger partial charge in [0.2, 0.25) is 0 Å². The molecule has 0 radical (unpaired) electrons. The van der Waals surface area contributed by atoms with Gasteiger partial charge in [0.1, 0.15) is 17.1 Å². The van der Waals surface area contributed by atoms with Crippen molar-refractivity contribution in [2.45, 2.75) is 32.9 Å². The number of aliphatic imine (C=N–C) groups is 1. The first-order valence-electron chi connectivity index (χ1n) is 7.00. The van der Waals surface area contributed by atoms with Gasteiger partial charge in [0.15, 0.2) is 5.96 Å². The SMILES string of the molecule is CN=C(NCc1cc(C(=O)OC)c(C)o1)NCC(C)(C)OC.I. The van der Waals surface area contributed by atoms with Gasteiger partial charge in [-0.2, -0.15) is 0 Å². The molecule has 23 heavy (non-hydrogen) atoms. The minimum absolute atomic E-state index is 0. The van der Waals surface area contributed by atoms with Crippen molar-refractivity contribution in [1.82, 2.24) is 10.6 Å². The third kappa shape index (κ3) is 6.78. The predicted molar refractivity (Wildman–Crippen MR) is 99.5 cm³/mol. The number of carbonyl (C=O) groups is 1. The van der Waals surface area contributed by atoms with Crippen molar-refractivity contribution in [2.75, 3.05) is 27.8 Å². The molecule has 1 heterocycles. The number of hydrogen-bond acceptors (Lipinski definition) is 5. The van der Waals surface area contributed by atoms with Crippen LogP contribution in [-0.2, 0) is 16.0 Å². The van der Waals surface area contributed by atoms with E-state index < -0.39 is 5.97 Å². The number of carbonyl (C=O) groups excluding carboxylic acids is 1. The number of ether oxygens (including phenoxy) is 2. The summed E-state index contributed by atoms with van der Waals surface area (Å²) < 4.78 is 15.6. The van der Waals surface area contributed by atoms with Crippen LogP contribution in [-0.4, -0.2) is 45.3 Å². The molecule has 0 bridgehead atoms. The van der Waals surface area contributed by atoms with Crippen molar-refractivity contribution >= 4 is 35.9 Å². The Morgan fingerprint density at radius 1 is 1.35 bits per heavy atom. The van der Waals surface area contributed by atoms with E-state index in [0.29, 0.717) is 36.1 Å². The molecule has 0 aliphatic heterocycles. The van der Waals surface area contributed by atoms with E-state index in [1.54, 1.807) is 27.1 Å². The van der Waals surface area contributed by atoms with Crippen LogP contribution in [0.3, 0.4) is 0 Å². The summed E-state index contributed by atoms with van der Waals surface area (Å²) in [7, 11) is 4.69. The summed E-state index contributed by atoms with van der Waals surface area (Å²) in [6.07, 6.45) is 0. The molecule has 0 saturated heterocycles. The van der Waals surface area contributed by atoms with Crippen molar-refractivity contribution < 1.29 is 18.7 Å². The Kier molecular flexibility index (Phi) is 9.21. The lowest BCUT2D eigenvalue weighted by atomic mass is 10.1. The molecule has 0 spiro atoms. The summed E-state index contributed by atoms with van der Waals surface area (Å²) in [5.74, 6) is 1.38. The summed E-state index contributed by atoms with van der Waals surface area (Å²) in [5, 5.41) is 6.28. The molecule has 0 saturated carbocycles. The van der Waals surface area contributed by atoms with Gasteiger partial charge in [0, 0.05) is 20.7 Å². The molecular formula is C15H26IN3O4. The van der Waals surface area contributed by atoms with Crippen molar-refractivity contribution in [3.63, 3.8) is 0 Å². The number of guanidine groups is 1. The van der Waals surface area contributed by atoms with Gasteiger partial charge in [-0.05, 0) is 26.8 Å². The fourth-order valence-electron chi connectivity index (χ4n) is 1.70. The fraction of sp³-hybridized carbons (Fsp3) is 0.600. The predicted octanol–water partition coefficient (Wildman–Crippen LogP) is 2.08. The highest BCUT2D eigenvalue weighted by Crippen LogP contribution is 2.15. The monoisotopic (exact) mass is 439 g/mol. The van der Waals surface area contributed by atoms with Crippen LogP contribution >= 0.6 is 24.0 Å². The first-order chi connectivity index (χ1) is 10.3. The zero-order valence-corrected chi connectivity index (χ0v) is 16.8. The Labute approximate surface area is 154 Å². The van der Waals surface area contributed by atoms with Gasteiger partial charge in [-0.3, -0.25) is 4.99 Å². The Balaban J connectivity index is 0.00000484. The van der Waals surface area contributed by atoms with E-state index in [1.165, 1.54) is 7.11 Å². The zero-order valence-electron chi connectivity index (χ0n) is 14.5. The lowest BCUT2D eigenvalue weighted by Crippen LogP contribution is -2.45. The van der Waals surface area contributed by atoms with Crippen LogP contribution in [0.1, 0.15) is 35.7 Å². The summed E-state index contributed by atoms with van der Waals surface area (Å²) in [4.78, 5) is 15.7. The molecular weight excluding hydrogens is 413 g/mol. The fourth-order valence-corrected chi connectivity index (χ4v) is 1.70. The molecule has 0 aliphatic carbocycles. The third-order valence-electron chi connectivity index (χ3n) is 3.26. The van der Waals surface area contributed by atoms with Crippen LogP contribution in [0.4, 0.5) is 0 Å². The molecule has 8 heteroatoms. The second kappa shape index (κ2) is 9.76. The van der Waals surface area contributed by atoms with Gasteiger partial charge in [-0.15, -0.1) is 24.0 Å². The van der Waals surface area contributed by atoms with Gasteiger partial charge < -0.3 is 24.5 Å². The molecule has 1 aromatic rings. The van der Waals surface area contributed by atoms with Gasteiger partial charge in [0.05, 0.1) is 19.3 Å². The molecule has 1 aromatic heterocycles. The Bertz CT molecular complexity index is 541. The van der Waals surface area contributed by atoms with Crippen LogP contribution in [0, 0.1) is 6.92 Å². The lowest BCUT2D eigenvalue weighted by molar-refractivity contribution is 0.0268. The summed E-state index contributed by atoms with van der Waals surface area (Å²) in [5.41, 5.74) is 0.138. The normalized spacial score (nSPS) is 11.7. The molecule has 0 fully saturated rings. The maximum absolute atomic E-state index is 11.5. The van der Waals surface area contributed by atoms with Crippen LogP contribution in [0.15, 0.2) is 15.5 Å². The average Bonchev–Trinajstić information content (AvgIpc) is 2.87. The number of nitrogens with one attached hydrogen (secondary N) is 2. The highest BCUT2D eigenvalue weighted by Gasteiger charge is 2.17. The third-order valence-corrected chi connectivity index (χ3v) is 3.26. The number of nitrogens with zero attached hydrogens (tertiary/aromatic N) is 1. The first-order valence-corrected chi connectivity index (χ1v) is 7.00. The van der Waals surface area contributed by atoms with Crippen molar-refractivity contribution in [1.29, 1.82) is 0 Å².